The van der Waals surface area contributed by atoms with Gasteiger partial charge in [-0.1, -0.05) is 18.2 Å². The van der Waals surface area contributed by atoms with Gasteiger partial charge < -0.3 is 4.90 Å². The van der Waals surface area contributed by atoms with Crippen molar-refractivity contribution >= 4 is 22.7 Å². The summed E-state index contributed by atoms with van der Waals surface area (Å²) >= 11 is 0. The Kier molecular flexibility index (Phi) is 3.27. The van der Waals surface area contributed by atoms with E-state index in [1.807, 2.05) is 29.8 Å². The number of amides is 1. The monoisotopic (exact) mass is 311 g/mol. The van der Waals surface area contributed by atoms with Gasteiger partial charge in [0.2, 0.25) is 0 Å². The number of ketones is 1. The lowest BCUT2D eigenvalue weighted by atomic mass is 9.95. The third-order valence-corrected chi connectivity index (χ3v) is 5.14. The fourth-order valence-electron chi connectivity index (χ4n) is 4.01. The van der Waals surface area contributed by atoms with Gasteiger partial charge in [0.1, 0.15) is 5.78 Å². The van der Waals surface area contributed by atoms with Gasteiger partial charge in [-0.25, -0.2) is 4.79 Å². The molecule has 2 aliphatic heterocycles. The van der Waals surface area contributed by atoms with Crippen LogP contribution in [0.3, 0.4) is 0 Å². The van der Waals surface area contributed by atoms with Crippen LogP contribution in [0.2, 0.25) is 0 Å². The molecule has 2 aromatic rings. The van der Waals surface area contributed by atoms with E-state index in [-0.39, 0.29) is 17.9 Å². The van der Waals surface area contributed by atoms with E-state index in [1.165, 1.54) is 10.9 Å². The molecule has 1 unspecified atom stereocenters. The van der Waals surface area contributed by atoms with Crippen LogP contribution in [0.25, 0.3) is 10.9 Å². The summed E-state index contributed by atoms with van der Waals surface area (Å²) < 4.78 is 1.89. The number of Topliss-reactive ketones (excluding diaryl/α,β-unsaturated/α-hetero) is 1. The van der Waals surface area contributed by atoms with Crippen LogP contribution in [0, 0.1) is 0 Å². The first-order chi connectivity index (χ1) is 11.1. The molecule has 0 N–H and O–H groups in total. The van der Waals surface area contributed by atoms with Crippen molar-refractivity contribution in [1.82, 2.24) is 14.4 Å². The predicted molar refractivity (Wildman–Crippen MR) is 88.7 cm³/mol. The Labute approximate surface area is 135 Å². The predicted octanol–water partition coefficient (Wildman–Crippen LogP) is 2.43. The fourth-order valence-corrected chi connectivity index (χ4v) is 4.01. The molecule has 1 aromatic carbocycles. The van der Waals surface area contributed by atoms with Crippen molar-refractivity contribution in [3.63, 3.8) is 0 Å². The number of aromatic nitrogens is 1. The van der Waals surface area contributed by atoms with Crippen LogP contribution in [-0.2, 0) is 11.2 Å². The third-order valence-electron chi connectivity index (χ3n) is 5.14. The zero-order valence-electron chi connectivity index (χ0n) is 13.6. The van der Waals surface area contributed by atoms with Gasteiger partial charge in [0.25, 0.3) is 0 Å². The zero-order chi connectivity index (χ0) is 16.1. The Morgan fingerprint density at radius 1 is 1.30 bits per heavy atom. The normalized spacial score (nSPS) is 20.9. The highest BCUT2D eigenvalue weighted by Crippen LogP contribution is 2.40. The number of para-hydroxylation sites is 1. The maximum Gasteiger partial charge on any atom is 0.328 e. The number of benzene rings is 1. The summed E-state index contributed by atoms with van der Waals surface area (Å²) in [6, 6.07) is 8.41. The van der Waals surface area contributed by atoms with Crippen molar-refractivity contribution in [2.45, 2.75) is 25.8 Å². The summed E-state index contributed by atoms with van der Waals surface area (Å²) in [5, 5.41) is 1.20. The van der Waals surface area contributed by atoms with E-state index in [0.29, 0.717) is 13.0 Å². The standard InChI is InChI=1S/C18H21N3O2/c1-12(22)7-9-20-10-8-14-13-5-3-4-6-15(13)21-17(14)16(20)11-19(2)18(21)23/h3-6,16H,7-11H2,1-2H3. The van der Waals surface area contributed by atoms with Crippen molar-refractivity contribution in [1.29, 1.82) is 0 Å². The molecule has 5 heteroatoms. The Hall–Kier alpha value is -2.14. The van der Waals surface area contributed by atoms with Crippen molar-refractivity contribution < 1.29 is 9.59 Å². The number of hydrogen-bond acceptors (Lipinski definition) is 3. The molecule has 5 nitrogen and oxygen atoms in total. The van der Waals surface area contributed by atoms with Crippen LogP contribution >= 0.6 is 0 Å². The average molecular weight is 311 g/mol. The van der Waals surface area contributed by atoms with Crippen LogP contribution in [0.4, 0.5) is 4.79 Å². The highest BCUT2D eigenvalue weighted by molar-refractivity contribution is 5.96. The van der Waals surface area contributed by atoms with E-state index in [2.05, 4.69) is 11.0 Å². The smallest absolute Gasteiger partial charge is 0.325 e. The van der Waals surface area contributed by atoms with Gasteiger partial charge in [0, 0.05) is 38.5 Å². The number of hydrogen-bond donors (Lipinski definition) is 0. The van der Waals surface area contributed by atoms with Crippen LogP contribution in [0.1, 0.15) is 30.6 Å². The highest BCUT2D eigenvalue weighted by atomic mass is 16.2. The summed E-state index contributed by atoms with van der Waals surface area (Å²) in [7, 11) is 1.86. The first-order valence-electron chi connectivity index (χ1n) is 8.19. The van der Waals surface area contributed by atoms with Gasteiger partial charge in [-0.2, -0.15) is 0 Å². The Morgan fingerprint density at radius 2 is 2.09 bits per heavy atom. The molecule has 2 aliphatic rings. The topological polar surface area (TPSA) is 45.6 Å². The SMILES string of the molecule is CC(=O)CCN1CCc2c3n(c4ccccc24)C(=O)N(C)CC31. The van der Waals surface area contributed by atoms with Crippen LogP contribution < -0.4 is 0 Å². The lowest BCUT2D eigenvalue weighted by molar-refractivity contribution is -0.117. The van der Waals surface area contributed by atoms with Crippen LogP contribution in [-0.4, -0.2) is 52.9 Å². The zero-order valence-corrected chi connectivity index (χ0v) is 13.6. The summed E-state index contributed by atoms with van der Waals surface area (Å²) in [4.78, 5) is 28.2. The number of carbonyl (C=O) groups excluding carboxylic acids is 2. The van der Waals surface area contributed by atoms with Gasteiger partial charge in [-0.15, -0.1) is 0 Å². The molecule has 0 aliphatic carbocycles. The minimum atomic E-state index is 0.0483. The van der Waals surface area contributed by atoms with Gasteiger partial charge in [-0.05, 0) is 25.0 Å². The molecule has 0 spiro atoms. The van der Waals surface area contributed by atoms with E-state index in [1.54, 1.807) is 11.8 Å². The van der Waals surface area contributed by atoms with E-state index >= 15 is 0 Å². The first kappa shape index (κ1) is 14.5. The molecule has 0 radical (unpaired) electrons. The molecule has 1 amide bonds. The number of nitrogens with zero attached hydrogens (tertiary/aromatic N) is 3. The Morgan fingerprint density at radius 3 is 2.87 bits per heavy atom. The van der Waals surface area contributed by atoms with Gasteiger partial charge >= 0.3 is 6.03 Å². The Bertz CT molecular complexity index is 808. The maximum atomic E-state index is 12.7. The molecule has 3 heterocycles. The van der Waals surface area contributed by atoms with E-state index < -0.39 is 0 Å². The molecule has 0 saturated carbocycles. The second-order valence-corrected chi connectivity index (χ2v) is 6.63. The number of rotatable bonds is 3. The minimum Gasteiger partial charge on any atom is -0.325 e. The second kappa shape index (κ2) is 5.20. The van der Waals surface area contributed by atoms with Gasteiger partial charge in [0.15, 0.2) is 0 Å². The third kappa shape index (κ3) is 2.10. The number of carbonyl (C=O) groups is 2. The summed E-state index contributed by atoms with van der Waals surface area (Å²) in [6.07, 6.45) is 1.51. The summed E-state index contributed by atoms with van der Waals surface area (Å²) in [6.45, 7) is 4.05. The number of likely N-dealkylation sites (N-methyl/N-ethyl adjacent to an activating group) is 1. The first-order valence-corrected chi connectivity index (χ1v) is 8.19. The maximum absolute atomic E-state index is 12.7. The van der Waals surface area contributed by atoms with Gasteiger partial charge in [-0.3, -0.25) is 14.3 Å². The highest BCUT2D eigenvalue weighted by Gasteiger charge is 2.39. The average Bonchev–Trinajstić information content (AvgIpc) is 2.87. The quantitative estimate of drug-likeness (QED) is 0.874. The molecule has 1 aromatic heterocycles. The molecular weight excluding hydrogens is 290 g/mol. The number of fused-ring (bicyclic) bond motifs is 3. The van der Waals surface area contributed by atoms with Crippen LogP contribution in [0.5, 0.6) is 0 Å². The second-order valence-electron chi connectivity index (χ2n) is 6.63. The lowest BCUT2D eigenvalue weighted by Crippen LogP contribution is -2.49. The van der Waals surface area contributed by atoms with Crippen molar-refractivity contribution in [2.24, 2.45) is 0 Å². The molecule has 0 saturated heterocycles. The molecule has 23 heavy (non-hydrogen) atoms. The largest absolute Gasteiger partial charge is 0.328 e. The van der Waals surface area contributed by atoms with E-state index in [0.717, 1.165) is 30.7 Å². The van der Waals surface area contributed by atoms with E-state index in [9.17, 15) is 9.59 Å². The summed E-state index contributed by atoms with van der Waals surface area (Å²) in [5.74, 6) is 0.219. The lowest BCUT2D eigenvalue weighted by Gasteiger charge is -2.41. The molecule has 1 atom stereocenters. The molecule has 0 bridgehead atoms. The molecule has 4 rings (SSSR count). The van der Waals surface area contributed by atoms with Crippen molar-refractivity contribution in [2.75, 3.05) is 26.7 Å². The van der Waals surface area contributed by atoms with Gasteiger partial charge in [0.05, 0.1) is 17.3 Å². The van der Waals surface area contributed by atoms with Crippen LogP contribution in [0.15, 0.2) is 24.3 Å². The van der Waals surface area contributed by atoms with E-state index in [4.69, 9.17) is 0 Å². The Balaban J connectivity index is 1.86. The molecule has 120 valence electrons. The van der Waals surface area contributed by atoms with Crippen molar-refractivity contribution in [3.05, 3.63) is 35.5 Å². The van der Waals surface area contributed by atoms with Crippen molar-refractivity contribution in [3.8, 4) is 0 Å². The minimum absolute atomic E-state index is 0.0483. The molecular formula is C18H21N3O2. The summed E-state index contributed by atoms with van der Waals surface area (Å²) in [5.41, 5.74) is 3.46. The fraction of sp³-hybridized carbons (Fsp3) is 0.444. The molecule has 0 fully saturated rings.